The Morgan fingerprint density at radius 3 is 2.55 bits per heavy atom. The summed E-state index contributed by atoms with van der Waals surface area (Å²) < 4.78 is 7.63. The second-order valence-corrected chi connectivity index (χ2v) is 7.66. The van der Waals surface area contributed by atoms with E-state index in [4.69, 9.17) is 4.42 Å². The van der Waals surface area contributed by atoms with Crippen molar-refractivity contribution in [2.75, 3.05) is 18.4 Å². The Morgan fingerprint density at radius 1 is 1.13 bits per heavy atom. The van der Waals surface area contributed by atoms with Crippen LogP contribution in [0, 0.1) is 0 Å². The van der Waals surface area contributed by atoms with Gasteiger partial charge in [-0.3, -0.25) is 10.1 Å². The van der Waals surface area contributed by atoms with Crippen molar-refractivity contribution in [3.05, 3.63) is 65.9 Å². The molecule has 0 fully saturated rings. The lowest BCUT2D eigenvalue weighted by atomic mass is 10.0. The van der Waals surface area contributed by atoms with E-state index in [0.29, 0.717) is 42.0 Å². The highest BCUT2D eigenvalue weighted by Crippen LogP contribution is 2.29. The van der Waals surface area contributed by atoms with E-state index in [0.717, 1.165) is 11.2 Å². The zero-order chi connectivity index (χ0) is 22.0. The van der Waals surface area contributed by atoms with Crippen LogP contribution in [0.4, 0.5) is 11.8 Å². The van der Waals surface area contributed by atoms with Crippen LogP contribution in [0.5, 0.6) is 0 Å². The third-order valence-corrected chi connectivity index (χ3v) is 5.35. The average Bonchev–Trinajstić information content (AvgIpc) is 3.38. The summed E-state index contributed by atoms with van der Waals surface area (Å²) in [5.41, 5.74) is 3.96. The van der Waals surface area contributed by atoms with E-state index in [1.807, 2.05) is 62.4 Å². The van der Waals surface area contributed by atoms with Crippen LogP contribution in [0.15, 0.2) is 59.1 Å². The lowest BCUT2D eigenvalue weighted by molar-refractivity contribution is 0.0774. The molecule has 0 unspecified atom stereocenters. The first-order valence-corrected chi connectivity index (χ1v) is 10.6. The molecule has 4 rings (SSSR count). The van der Waals surface area contributed by atoms with Crippen LogP contribution in [0.1, 0.15) is 49.5 Å². The maximum Gasteiger partial charge on any atom is 0.301 e. The molecular weight excluding hydrogens is 390 g/mol. The summed E-state index contributed by atoms with van der Waals surface area (Å²) >= 11 is 0. The summed E-state index contributed by atoms with van der Waals surface area (Å²) in [6, 6.07) is 16.0. The van der Waals surface area contributed by atoms with E-state index in [2.05, 4.69) is 29.2 Å². The van der Waals surface area contributed by atoms with Crippen molar-refractivity contribution < 1.29 is 9.21 Å². The van der Waals surface area contributed by atoms with Crippen molar-refractivity contribution in [1.82, 2.24) is 19.7 Å². The van der Waals surface area contributed by atoms with E-state index in [9.17, 15) is 4.79 Å². The smallest absolute Gasteiger partial charge is 0.301 e. The Labute approximate surface area is 181 Å². The van der Waals surface area contributed by atoms with Crippen molar-refractivity contribution in [2.45, 2.75) is 33.6 Å². The molecule has 2 heterocycles. The van der Waals surface area contributed by atoms with Crippen molar-refractivity contribution in [3.8, 4) is 5.69 Å². The molecule has 2 aromatic carbocycles. The Morgan fingerprint density at radius 2 is 1.87 bits per heavy atom. The van der Waals surface area contributed by atoms with Crippen LogP contribution in [-0.2, 0) is 0 Å². The minimum absolute atomic E-state index is 0.0899. The number of carbonyl (C=O) groups excluding carboxylic acids is 1. The van der Waals surface area contributed by atoms with Crippen molar-refractivity contribution in [1.29, 1.82) is 0 Å². The summed E-state index contributed by atoms with van der Waals surface area (Å²) in [6.07, 6.45) is 1.59. The third kappa shape index (κ3) is 4.03. The standard InChI is InChI=1S/C24H27N5O2/c1-5-28(6-2)23(30)19-15-25-29(18-10-8-7-9-11-18)22(19)27-24-26-20-14-17(16(3)4)12-13-21(20)31-24/h7-16H,5-6H2,1-4H3,(H,26,27). The van der Waals surface area contributed by atoms with Gasteiger partial charge in [-0.1, -0.05) is 38.1 Å². The van der Waals surface area contributed by atoms with Crippen LogP contribution in [0.3, 0.4) is 0 Å². The zero-order valence-electron chi connectivity index (χ0n) is 18.3. The molecule has 0 atom stereocenters. The fourth-order valence-electron chi connectivity index (χ4n) is 3.53. The maximum absolute atomic E-state index is 13.1. The fourth-order valence-corrected chi connectivity index (χ4v) is 3.53. The number of oxazole rings is 1. The Bertz CT molecular complexity index is 1190. The highest BCUT2D eigenvalue weighted by Gasteiger charge is 2.23. The molecular formula is C24H27N5O2. The fraction of sp³-hybridized carbons (Fsp3) is 0.292. The monoisotopic (exact) mass is 417 g/mol. The van der Waals surface area contributed by atoms with Gasteiger partial charge in [-0.25, -0.2) is 4.68 Å². The number of amides is 1. The first kappa shape index (κ1) is 20.7. The van der Waals surface area contributed by atoms with Crippen LogP contribution in [0.25, 0.3) is 16.8 Å². The van der Waals surface area contributed by atoms with E-state index >= 15 is 0 Å². The number of fused-ring (bicyclic) bond motifs is 1. The van der Waals surface area contributed by atoms with Crippen molar-refractivity contribution in [2.24, 2.45) is 0 Å². The van der Waals surface area contributed by atoms with Gasteiger partial charge in [0.05, 0.1) is 11.9 Å². The largest absolute Gasteiger partial charge is 0.423 e. The number of anilines is 2. The lowest BCUT2D eigenvalue weighted by Crippen LogP contribution is -2.30. The van der Waals surface area contributed by atoms with Gasteiger partial charge in [0.15, 0.2) is 11.4 Å². The molecule has 0 spiro atoms. The Hall–Kier alpha value is -3.61. The molecule has 0 aliphatic rings. The lowest BCUT2D eigenvalue weighted by Gasteiger charge is -2.18. The van der Waals surface area contributed by atoms with Crippen LogP contribution in [0.2, 0.25) is 0 Å². The summed E-state index contributed by atoms with van der Waals surface area (Å²) in [7, 11) is 0. The first-order chi connectivity index (χ1) is 15.0. The predicted octanol–water partition coefficient (Wildman–Crippen LogP) is 5.36. The summed E-state index contributed by atoms with van der Waals surface area (Å²) in [5, 5.41) is 7.70. The molecule has 1 amide bonds. The second-order valence-electron chi connectivity index (χ2n) is 7.66. The molecule has 0 saturated carbocycles. The molecule has 0 radical (unpaired) electrons. The molecule has 0 bridgehead atoms. The minimum Gasteiger partial charge on any atom is -0.423 e. The number of para-hydroxylation sites is 1. The number of benzene rings is 2. The summed E-state index contributed by atoms with van der Waals surface area (Å²) in [4.78, 5) is 19.5. The molecule has 1 N–H and O–H groups in total. The molecule has 0 aliphatic heterocycles. The quantitative estimate of drug-likeness (QED) is 0.438. The number of hydrogen-bond acceptors (Lipinski definition) is 5. The van der Waals surface area contributed by atoms with Crippen LogP contribution < -0.4 is 5.32 Å². The van der Waals surface area contributed by atoms with Gasteiger partial charge in [0, 0.05) is 13.1 Å². The van der Waals surface area contributed by atoms with Gasteiger partial charge in [0.25, 0.3) is 5.91 Å². The second kappa shape index (κ2) is 8.63. The highest BCUT2D eigenvalue weighted by molar-refractivity contribution is 5.99. The van der Waals surface area contributed by atoms with Gasteiger partial charge >= 0.3 is 6.01 Å². The topological polar surface area (TPSA) is 76.2 Å². The van der Waals surface area contributed by atoms with Crippen molar-refractivity contribution in [3.63, 3.8) is 0 Å². The normalized spacial score (nSPS) is 11.3. The average molecular weight is 418 g/mol. The van der Waals surface area contributed by atoms with Gasteiger partial charge in [-0.15, -0.1) is 0 Å². The number of aromatic nitrogens is 3. The zero-order valence-corrected chi connectivity index (χ0v) is 18.3. The van der Waals surface area contributed by atoms with E-state index in [1.165, 1.54) is 5.56 Å². The molecule has 0 aliphatic carbocycles. The van der Waals surface area contributed by atoms with Crippen LogP contribution >= 0.6 is 0 Å². The molecule has 7 heteroatoms. The molecule has 2 aromatic heterocycles. The van der Waals surface area contributed by atoms with E-state index < -0.39 is 0 Å². The van der Waals surface area contributed by atoms with Gasteiger partial charge in [0.2, 0.25) is 0 Å². The molecule has 7 nitrogen and oxygen atoms in total. The molecule has 31 heavy (non-hydrogen) atoms. The number of hydrogen-bond donors (Lipinski definition) is 1. The van der Waals surface area contributed by atoms with E-state index in [-0.39, 0.29) is 5.91 Å². The van der Waals surface area contributed by atoms with E-state index in [1.54, 1.807) is 15.8 Å². The van der Waals surface area contributed by atoms with Gasteiger partial charge in [-0.2, -0.15) is 10.1 Å². The molecule has 0 saturated heterocycles. The minimum atomic E-state index is -0.0899. The summed E-state index contributed by atoms with van der Waals surface area (Å²) in [5.74, 6) is 0.835. The molecule has 160 valence electrons. The number of rotatable bonds is 7. The van der Waals surface area contributed by atoms with Gasteiger partial charge in [-0.05, 0) is 49.6 Å². The Kier molecular flexibility index (Phi) is 5.75. The van der Waals surface area contributed by atoms with Gasteiger partial charge < -0.3 is 9.32 Å². The Balaban J connectivity index is 1.77. The SMILES string of the molecule is CCN(CC)C(=O)c1cnn(-c2ccccc2)c1Nc1nc2cc(C(C)C)ccc2o1. The first-order valence-electron chi connectivity index (χ1n) is 10.6. The number of nitrogens with zero attached hydrogens (tertiary/aromatic N) is 4. The number of carbonyl (C=O) groups is 1. The molecule has 4 aromatic rings. The predicted molar refractivity (Wildman–Crippen MR) is 122 cm³/mol. The number of nitrogens with one attached hydrogen (secondary N) is 1. The third-order valence-electron chi connectivity index (χ3n) is 5.35. The maximum atomic E-state index is 13.1. The highest BCUT2D eigenvalue weighted by atomic mass is 16.4. The van der Waals surface area contributed by atoms with Crippen LogP contribution in [-0.4, -0.2) is 38.7 Å². The van der Waals surface area contributed by atoms with Crippen molar-refractivity contribution >= 4 is 28.8 Å². The summed E-state index contributed by atoms with van der Waals surface area (Å²) in [6.45, 7) is 9.44. The van der Waals surface area contributed by atoms with Gasteiger partial charge in [0.1, 0.15) is 11.1 Å².